The Kier molecular flexibility index (Phi) is 5.77. The van der Waals surface area contributed by atoms with Crippen LogP contribution >= 0.6 is 15.9 Å². The van der Waals surface area contributed by atoms with Crippen LogP contribution in [0.1, 0.15) is 53.5 Å². The number of nitrogens with zero attached hydrogens (tertiary/aromatic N) is 2. The van der Waals surface area contributed by atoms with Crippen molar-refractivity contribution >= 4 is 27.8 Å². The van der Waals surface area contributed by atoms with Crippen molar-refractivity contribution in [3.8, 4) is 5.75 Å². The summed E-state index contributed by atoms with van der Waals surface area (Å²) in [4.78, 5) is 19.3. The summed E-state index contributed by atoms with van der Waals surface area (Å²) in [7, 11) is 0. The lowest BCUT2D eigenvalue weighted by atomic mass is 9.99. The van der Waals surface area contributed by atoms with Gasteiger partial charge in [-0.3, -0.25) is 0 Å². The monoisotopic (exact) mass is 393 g/mol. The zero-order valence-corrected chi connectivity index (χ0v) is 15.4. The number of hydrogen-bond donors (Lipinski definition) is 2. The Morgan fingerprint density at radius 1 is 1.42 bits per heavy atom. The standard InChI is InChI=1S/C17H20BrN3O3/c1-4-9(2)11-5-6-14(12(18)7-11)24-8-13-15(16(22)23)10(3)20-17(19)21-13/h5-7,9H,4,8H2,1-3H3,(H,22,23)(H2,19,20,21). The second-order valence-corrected chi connectivity index (χ2v) is 6.44. The van der Waals surface area contributed by atoms with E-state index in [0.29, 0.717) is 17.4 Å². The zero-order valence-electron chi connectivity index (χ0n) is 13.8. The van der Waals surface area contributed by atoms with Crippen molar-refractivity contribution < 1.29 is 14.6 Å². The smallest absolute Gasteiger partial charge is 0.339 e. The van der Waals surface area contributed by atoms with Gasteiger partial charge in [-0.1, -0.05) is 19.9 Å². The van der Waals surface area contributed by atoms with Crippen LogP contribution < -0.4 is 10.5 Å². The molecule has 1 heterocycles. The minimum Gasteiger partial charge on any atom is -0.486 e. The summed E-state index contributed by atoms with van der Waals surface area (Å²) < 4.78 is 6.55. The first-order chi connectivity index (χ1) is 11.3. The van der Waals surface area contributed by atoms with Crippen LogP contribution in [0.4, 0.5) is 5.95 Å². The topological polar surface area (TPSA) is 98.3 Å². The number of carbonyl (C=O) groups is 1. The maximum absolute atomic E-state index is 11.4. The highest BCUT2D eigenvalue weighted by molar-refractivity contribution is 9.10. The molecule has 0 aliphatic carbocycles. The molecule has 2 rings (SSSR count). The average molecular weight is 394 g/mol. The number of halogens is 1. The molecule has 1 unspecified atom stereocenters. The molecule has 0 amide bonds. The Labute approximate surface area is 149 Å². The number of benzene rings is 1. The van der Waals surface area contributed by atoms with Crippen LogP contribution in [0.2, 0.25) is 0 Å². The summed E-state index contributed by atoms with van der Waals surface area (Å²) in [5.41, 5.74) is 7.43. The van der Waals surface area contributed by atoms with Crippen LogP contribution in [0.15, 0.2) is 22.7 Å². The van der Waals surface area contributed by atoms with Gasteiger partial charge in [0.05, 0.1) is 15.9 Å². The van der Waals surface area contributed by atoms with Gasteiger partial charge in [0.25, 0.3) is 0 Å². The number of nitrogens with two attached hydrogens (primary N) is 1. The molecule has 2 aromatic rings. The lowest BCUT2D eigenvalue weighted by Crippen LogP contribution is -2.14. The van der Waals surface area contributed by atoms with Crippen molar-refractivity contribution in [2.75, 3.05) is 5.73 Å². The maximum atomic E-state index is 11.4. The Bertz CT molecular complexity index is 765. The van der Waals surface area contributed by atoms with E-state index in [1.807, 2.05) is 18.2 Å². The molecular formula is C17H20BrN3O3. The van der Waals surface area contributed by atoms with E-state index in [1.165, 1.54) is 5.56 Å². The molecule has 6 nitrogen and oxygen atoms in total. The number of aromatic nitrogens is 2. The van der Waals surface area contributed by atoms with Gasteiger partial charge in [0, 0.05) is 0 Å². The van der Waals surface area contributed by atoms with Gasteiger partial charge in [-0.2, -0.15) is 0 Å². The number of rotatable bonds is 6. The highest BCUT2D eigenvalue weighted by Gasteiger charge is 2.18. The number of aryl methyl sites for hydroxylation is 1. The Balaban J connectivity index is 2.24. The third-order valence-electron chi connectivity index (χ3n) is 3.90. The predicted octanol–water partition coefficient (Wildman–Crippen LogP) is 3.92. The number of anilines is 1. The van der Waals surface area contributed by atoms with Gasteiger partial charge in [0.15, 0.2) is 0 Å². The Morgan fingerprint density at radius 2 is 2.12 bits per heavy atom. The summed E-state index contributed by atoms with van der Waals surface area (Å²) in [6.07, 6.45) is 1.05. The number of carboxylic acid groups (broad SMARTS) is 1. The van der Waals surface area contributed by atoms with E-state index in [-0.39, 0.29) is 23.8 Å². The molecule has 0 bridgehead atoms. The number of nitrogen functional groups attached to an aromatic ring is 1. The van der Waals surface area contributed by atoms with Crippen LogP contribution in [0.3, 0.4) is 0 Å². The van der Waals surface area contributed by atoms with Crippen molar-refractivity contribution in [2.45, 2.75) is 39.7 Å². The summed E-state index contributed by atoms with van der Waals surface area (Å²) in [6.45, 7) is 5.88. The summed E-state index contributed by atoms with van der Waals surface area (Å²) >= 11 is 3.50. The van der Waals surface area contributed by atoms with Gasteiger partial charge >= 0.3 is 5.97 Å². The van der Waals surface area contributed by atoms with Crippen molar-refractivity contribution in [1.82, 2.24) is 9.97 Å². The van der Waals surface area contributed by atoms with Crippen LogP contribution in [0.5, 0.6) is 5.75 Å². The number of ether oxygens (including phenoxy) is 1. The van der Waals surface area contributed by atoms with E-state index < -0.39 is 5.97 Å². The molecule has 1 aromatic carbocycles. The maximum Gasteiger partial charge on any atom is 0.339 e. The molecule has 1 atom stereocenters. The molecule has 0 aliphatic rings. The van der Waals surface area contributed by atoms with Crippen LogP contribution in [0, 0.1) is 6.92 Å². The fraction of sp³-hybridized carbons (Fsp3) is 0.353. The normalized spacial score (nSPS) is 12.0. The van der Waals surface area contributed by atoms with Crippen molar-refractivity contribution in [3.05, 3.63) is 45.2 Å². The Hall–Kier alpha value is -2.15. The molecule has 0 saturated carbocycles. The van der Waals surface area contributed by atoms with E-state index in [0.717, 1.165) is 10.9 Å². The SMILES string of the molecule is CCC(C)c1ccc(OCc2nc(N)nc(C)c2C(=O)O)c(Br)c1. The fourth-order valence-corrected chi connectivity index (χ4v) is 2.87. The molecule has 0 saturated heterocycles. The zero-order chi connectivity index (χ0) is 17.9. The quantitative estimate of drug-likeness (QED) is 0.771. The van der Waals surface area contributed by atoms with Gasteiger partial charge in [-0.15, -0.1) is 0 Å². The molecule has 1 aromatic heterocycles. The molecule has 24 heavy (non-hydrogen) atoms. The largest absolute Gasteiger partial charge is 0.486 e. The molecule has 128 valence electrons. The summed E-state index contributed by atoms with van der Waals surface area (Å²) in [5.74, 6) is 0.00562. The van der Waals surface area contributed by atoms with E-state index in [9.17, 15) is 9.90 Å². The van der Waals surface area contributed by atoms with Crippen LogP contribution in [0.25, 0.3) is 0 Å². The van der Waals surface area contributed by atoms with Crippen LogP contribution in [-0.2, 0) is 6.61 Å². The van der Waals surface area contributed by atoms with E-state index in [2.05, 4.69) is 39.7 Å². The van der Waals surface area contributed by atoms with Gasteiger partial charge < -0.3 is 15.6 Å². The van der Waals surface area contributed by atoms with E-state index in [4.69, 9.17) is 10.5 Å². The van der Waals surface area contributed by atoms with Crippen molar-refractivity contribution in [1.29, 1.82) is 0 Å². The number of hydrogen-bond acceptors (Lipinski definition) is 5. The van der Waals surface area contributed by atoms with Gasteiger partial charge in [-0.05, 0) is 52.9 Å². The molecule has 3 N–H and O–H groups in total. The minimum atomic E-state index is -1.10. The number of carboxylic acids is 1. The summed E-state index contributed by atoms with van der Waals surface area (Å²) in [5, 5.41) is 9.33. The second-order valence-electron chi connectivity index (χ2n) is 5.58. The fourth-order valence-electron chi connectivity index (χ4n) is 2.36. The molecular weight excluding hydrogens is 374 g/mol. The van der Waals surface area contributed by atoms with Gasteiger partial charge in [0.2, 0.25) is 5.95 Å². The highest BCUT2D eigenvalue weighted by Crippen LogP contribution is 2.30. The first kappa shape index (κ1) is 18.2. The molecule has 0 spiro atoms. The lowest BCUT2D eigenvalue weighted by Gasteiger charge is -2.14. The van der Waals surface area contributed by atoms with Crippen molar-refractivity contribution in [2.24, 2.45) is 0 Å². The molecule has 7 heteroatoms. The average Bonchev–Trinajstić information content (AvgIpc) is 2.51. The van der Waals surface area contributed by atoms with E-state index >= 15 is 0 Å². The van der Waals surface area contributed by atoms with Crippen LogP contribution in [-0.4, -0.2) is 21.0 Å². The third kappa shape index (κ3) is 4.03. The van der Waals surface area contributed by atoms with Crippen molar-refractivity contribution in [3.63, 3.8) is 0 Å². The molecule has 0 radical (unpaired) electrons. The first-order valence-corrected chi connectivity index (χ1v) is 8.41. The van der Waals surface area contributed by atoms with Gasteiger partial charge in [0.1, 0.15) is 17.9 Å². The third-order valence-corrected chi connectivity index (χ3v) is 4.52. The lowest BCUT2D eigenvalue weighted by molar-refractivity contribution is 0.0691. The first-order valence-electron chi connectivity index (χ1n) is 7.62. The second kappa shape index (κ2) is 7.61. The number of aromatic carboxylic acids is 1. The predicted molar refractivity (Wildman–Crippen MR) is 95.3 cm³/mol. The summed E-state index contributed by atoms with van der Waals surface area (Å²) in [6, 6.07) is 5.89. The van der Waals surface area contributed by atoms with E-state index in [1.54, 1.807) is 6.92 Å². The highest BCUT2D eigenvalue weighted by atomic mass is 79.9. The molecule has 0 aliphatic heterocycles. The molecule has 0 fully saturated rings. The van der Waals surface area contributed by atoms with Gasteiger partial charge in [-0.25, -0.2) is 14.8 Å². The minimum absolute atomic E-state index is 0.00350. The Morgan fingerprint density at radius 3 is 2.71 bits per heavy atom.